The first-order chi connectivity index (χ1) is 16.2. The van der Waals surface area contributed by atoms with E-state index < -0.39 is 21.7 Å². The van der Waals surface area contributed by atoms with Crippen LogP contribution >= 0.6 is 34.3 Å². The van der Waals surface area contributed by atoms with Crippen molar-refractivity contribution in [2.45, 2.75) is 17.1 Å². The van der Waals surface area contributed by atoms with Crippen molar-refractivity contribution >= 4 is 65.6 Å². The summed E-state index contributed by atoms with van der Waals surface area (Å²) in [5.74, 6) is -1.49. The SMILES string of the molecule is O=C(C1CCN(S(=O)(=O)c2ccc(Cl)s2)CC1)N1CCN(c2nc3c(F)cc(F)cc3s2)CC1. The van der Waals surface area contributed by atoms with E-state index in [0.717, 1.165) is 17.4 Å². The van der Waals surface area contributed by atoms with E-state index in [-0.39, 0.29) is 21.6 Å². The van der Waals surface area contributed by atoms with Gasteiger partial charge in [0, 0.05) is 51.3 Å². The fraction of sp³-hybridized carbons (Fsp3) is 0.429. The normalized spacial score (nSPS) is 18.7. The Morgan fingerprint density at radius 1 is 1.03 bits per heavy atom. The molecule has 7 nitrogen and oxygen atoms in total. The number of piperazine rings is 1. The lowest BCUT2D eigenvalue weighted by atomic mass is 9.96. The molecule has 0 saturated carbocycles. The molecule has 0 aliphatic carbocycles. The number of fused-ring (bicyclic) bond motifs is 1. The Hall–Kier alpha value is -1.86. The second kappa shape index (κ2) is 9.30. The number of carbonyl (C=O) groups excluding carboxylic acids is 1. The number of thiazole rings is 1. The Morgan fingerprint density at radius 2 is 1.74 bits per heavy atom. The van der Waals surface area contributed by atoms with Gasteiger partial charge in [0.25, 0.3) is 10.0 Å². The molecule has 4 heterocycles. The first-order valence-electron chi connectivity index (χ1n) is 10.8. The number of hydrogen-bond acceptors (Lipinski definition) is 7. The molecule has 2 fully saturated rings. The standard InChI is InChI=1S/C21H21ClF2N4O3S3/c22-17-1-2-18(33-17)34(30,31)28-5-3-13(4-6-28)20(29)26-7-9-27(10-8-26)21-25-19-15(24)11-14(23)12-16(19)32-21/h1-2,11-13H,3-10H2. The maximum atomic E-state index is 14.0. The van der Waals surface area contributed by atoms with E-state index in [1.54, 1.807) is 11.0 Å². The predicted molar refractivity (Wildman–Crippen MR) is 129 cm³/mol. The number of carbonyl (C=O) groups is 1. The summed E-state index contributed by atoms with van der Waals surface area (Å²) >= 11 is 8.15. The molecule has 2 aliphatic rings. The second-order valence-corrected chi connectivity index (χ2v) is 13.2. The minimum Gasteiger partial charge on any atom is -0.345 e. The molecule has 182 valence electrons. The molecule has 34 heavy (non-hydrogen) atoms. The van der Waals surface area contributed by atoms with Gasteiger partial charge in [-0.1, -0.05) is 22.9 Å². The van der Waals surface area contributed by atoms with Crippen LogP contribution in [-0.4, -0.2) is 67.8 Å². The molecule has 0 bridgehead atoms. The highest BCUT2D eigenvalue weighted by atomic mass is 35.5. The smallest absolute Gasteiger partial charge is 0.252 e. The summed E-state index contributed by atoms with van der Waals surface area (Å²) in [6.45, 7) is 2.67. The lowest BCUT2D eigenvalue weighted by molar-refractivity contribution is -0.137. The molecular formula is C21H21ClF2N4O3S3. The van der Waals surface area contributed by atoms with Crippen molar-refractivity contribution in [1.29, 1.82) is 0 Å². The second-order valence-electron chi connectivity index (χ2n) is 8.28. The van der Waals surface area contributed by atoms with Crippen LogP contribution in [0.15, 0.2) is 28.5 Å². The van der Waals surface area contributed by atoms with Crippen LogP contribution in [-0.2, 0) is 14.8 Å². The van der Waals surface area contributed by atoms with E-state index in [2.05, 4.69) is 4.98 Å². The number of nitrogens with zero attached hydrogens (tertiary/aromatic N) is 4. The van der Waals surface area contributed by atoms with Crippen molar-refractivity contribution in [2.75, 3.05) is 44.2 Å². The number of benzene rings is 1. The van der Waals surface area contributed by atoms with Crippen molar-refractivity contribution in [2.24, 2.45) is 5.92 Å². The highest BCUT2D eigenvalue weighted by Gasteiger charge is 2.35. The van der Waals surface area contributed by atoms with Crippen LogP contribution in [0.25, 0.3) is 10.2 Å². The molecule has 13 heteroatoms. The molecule has 0 N–H and O–H groups in total. The van der Waals surface area contributed by atoms with E-state index in [9.17, 15) is 22.0 Å². The van der Waals surface area contributed by atoms with Crippen LogP contribution in [0.4, 0.5) is 13.9 Å². The molecule has 0 spiro atoms. The molecule has 1 aromatic carbocycles. The third-order valence-corrected chi connectivity index (χ3v) is 10.9. The summed E-state index contributed by atoms with van der Waals surface area (Å²) in [4.78, 5) is 21.2. The molecular weight excluding hydrogens is 526 g/mol. The number of anilines is 1. The lowest BCUT2D eigenvalue weighted by Gasteiger charge is -2.38. The Balaban J connectivity index is 1.17. The summed E-state index contributed by atoms with van der Waals surface area (Å²) in [6.07, 6.45) is 0.945. The zero-order chi connectivity index (χ0) is 24.0. The number of sulfonamides is 1. The van der Waals surface area contributed by atoms with Crippen molar-refractivity contribution in [3.8, 4) is 0 Å². The van der Waals surface area contributed by atoms with Gasteiger partial charge in [-0.3, -0.25) is 4.79 Å². The number of hydrogen-bond donors (Lipinski definition) is 0. The number of amides is 1. The average molecular weight is 547 g/mol. The van der Waals surface area contributed by atoms with Crippen LogP contribution in [0.2, 0.25) is 4.34 Å². The topological polar surface area (TPSA) is 73.8 Å². The zero-order valence-corrected chi connectivity index (χ0v) is 21.1. The molecule has 1 amide bonds. The van der Waals surface area contributed by atoms with Gasteiger partial charge in [0.1, 0.15) is 15.5 Å². The maximum Gasteiger partial charge on any atom is 0.252 e. The van der Waals surface area contributed by atoms with Gasteiger partial charge in [0.05, 0.1) is 9.04 Å². The van der Waals surface area contributed by atoms with E-state index in [0.29, 0.717) is 66.3 Å². The summed E-state index contributed by atoms with van der Waals surface area (Å²) in [5.41, 5.74) is 0.159. The van der Waals surface area contributed by atoms with Gasteiger partial charge in [-0.05, 0) is 31.0 Å². The van der Waals surface area contributed by atoms with Gasteiger partial charge in [-0.2, -0.15) is 4.31 Å². The van der Waals surface area contributed by atoms with Crippen molar-refractivity contribution < 1.29 is 22.0 Å². The van der Waals surface area contributed by atoms with E-state index in [1.807, 2.05) is 4.90 Å². The quantitative estimate of drug-likeness (QED) is 0.494. The predicted octanol–water partition coefficient (Wildman–Crippen LogP) is 4.04. The van der Waals surface area contributed by atoms with Gasteiger partial charge in [-0.25, -0.2) is 22.2 Å². The summed E-state index contributed by atoms with van der Waals surface area (Å²) in [5, 5.41) is 0.610. The van der Waals surface area contributed by atoms with Gasteiger partial charge in [-0.15, -0.1) is 11.3 Å². The van der Waals surface area contributed by atoms with E-state index >= 15 is 0 Å². The molecule has 0 atom stereocenters. The molecule has 2 saturated heterocycles. The summed E-state index contributed by atoms with van der Waals surface area (Å²) < 4.78 is 55.6. The highest BCUT2D eigenvalue weighted by molar-refractivity contribution is 7.91. The zero-order valence-electron chi connectivity index (χ0n) is 17.9. The van der Waals surface area contributed by atoms with Gasteiger partial charge < -0.3 is 9.80 Å². The van der Waals surface area contributed by atoms with E-state index in [4.69, 9.17) is 11.6 Å². The Kier molecular flexibility index (Phi) is 6.53. The van der Waals surface area contributed by atoms with Crippen molar-refractivity contribution in [3.63, 3.8) is 0 Å². The molecule has 5 rings (SSSR count). The number of piperidine rings is 1. The van der Waals surface area contributed by atoms with Gasteiger partial charge >= 0.3 is 0 Å². The molecule has 2 aliphatic heterocycles. The third-order valence-electron chi connectivity index (χ3n) is 6.21. The molecule has 0 unspecified atom stereocenters. The van der Waals surface area contributed by atoms with Crippen LogP contribution in [0, 0.1) is 17.6 Å². The number of rotatable bonds is 4. The van der Waals surface area contributed by atoms with Crippen molar-refractivity contribution in [1.82, 2.24) is 14.2 Å². The first kappa shape index (κ1) is 23.9. The fourth-order valence-electron chi connectivity index (χ4n) is 4.36. The molecule has 0 radical (unpaired) electrons. The summed E-state index contributed by atoms with van der Waals surface area (Å²) in [7, 11) is -3.59. The Bertz CT molecular complexity index is 1330. The number of aromatic nitrogens is 1. The highest BCUT2D eigenvalue weighted by Crippen LogP contribution is 2.33. The lowest BCUT2D eigenvalue weighted by Crippen LogP contribution is -2.52. The third kappa shape index (κ3) is 4.53. The number of thiophene rings is 1. The first-order valence-corrected chi connectivity index (χ1v) is 14.2. The average Bonchev–Trinajstić information content (AvgIpc) is 3.46. The minimum absolute atomic E-state index is 0.0354. The monoisotopic (exact) mass is 546 g/mol. The molecule has 3 aromatic rings. The Morgan fingerprint density at radius 3 is 2.38 bits per heavy atom. The maximum absolute atomic E-state index is 14.0. The minimum atomic E-state index is -3.59. The summed E-state index contributed by atoms with van der Waals surface area (Å²) in [6, 6.07) is 5.18. The fourth-order valence-corrected chi connectivity index (χ4v) is 8.53. The van der Waals surface area contributed by atoms with Crippen LogP contribution < -0.4 is 4.90 Å². The largest absolute Gasteiger partial charge is 0.345 e. The van der Waals surface area contributed by atoms with Crippen molar-refractivity contribution in [3.05, 3.63) is 40.2 Å². The van der Waals surface area contributed by atoms with Gasteiger partial charge in [0.2, 0.25) is 5.91 Å². The van der Waals surface area contributed by atoms with Gasteiger partial charge in [0.15, 0.2) is 10.9 Å². The Labute approximate surface area is 208 Å². The number of halogens is 3. The van der Waals surface area contributed by atoms with Crippen LogP contribution in [0.3, 0.4) is 0 Å². The molecule has 2 aromatic heterocycles. The van der Waals surface area contributed by atoms with Crippen LogP contribution in [0.1, 0.15) is 12.8 Å². The van der Waals surface area contributed by atoms with Crippen LogP contribution in [0.5, 0.6) is 0 Å². The van der Waals surface area contributed by atoms with E-state index in [1.165, 1.54) is 27.8 Å².